The van der Waals surface area contributed by atoms with Crippen molar-refractivity contribution in [3.05, 3.63) is 27.1 Å². The van der Waals surface area contributed by atoms with Gasteiger partial charge in [0.05, 0.1) is 0 Å². The molecule has 0 unspecified atom stereocenters. The number of hydrogen-bond donors (Lipinski definition) is 1. The molecular formula is C14H18Br2O. The molecule has 0 bridgehead atoms. The van der Waals surface area contributed by atoms with E-state index in [0.717, 1.165) is 21.6 Å². The molecule has 94 valence electrons. The van der Waals surface area contributed by atoms with Crippen molar-refractivity contribution in [2.24, 2.45) is 0 Å². The molecule has 1 rings (SSSR count). The Hall–Kier alpha value is -0.280. The Bertz CT molecular complexity index is 551. The van der Waals surface area contributed by atoms with Crippen molar-refractivity contribution in [1.29, 1.82) is 0 Å². The van der Waals surface area contributed by atoms with Gasteiger partial charge < -0.3 is 5.11 Å². The van der Waals surface area contributed by atoms with Crippen LogP contribution in [0.15, 0.2) is 0 Å². The second-order valence-corrected chi connectivity index (χ2v) is 6.18. The van der Waals surface area contributed by atoms with Crippen LogP contribution in [0.2, 0.25) is 0 Å². The van der Waals surface area contributed by atoms with Gasteiger partial charge in [-0.05, 0) is 45.6 Å². The summed E-state index contributed by atoms with van der Waals surface area (Å²) in [5.74, 6) is 0.364. The minimum atomic E-state index is -0.104. The number of phenolic OH excluding ortho intramolecular Hbond substituents is 1. The Morgan fingerprint density at radius 3 is 1.71 bits per heavy atom. The first-order valence-corrected chi connectivity index (χ1v) is 7.32. The van der Waals surface area contributed by atoms with Gasteiger partial charge in [0.15, 0.2) is 0 Å². The SMILES string of the molecule is Cc1c(C)c(=CBr)c(C(C)(C)C)c(O)c1=CBr. The molecule has 17 heavy (non-hydrogen) atoms. The van der Waals surface area contributed by atoms with Crippen LogP contribution >= 0.6 is 31.9 Å². The third kappa shape index (κ3) is 2.60. The van der Waals surface area contributed by atoms with Crippen LogP contribution in [0.25, 0.3) is 9.97 Å². The summed E-state index contributed by atoms with van der Waals surface area (Å²) in [4.78, 5) is 3.69. The third-order valence-electron chi connectivity index (χ3n) is 3.10. The third-order valence-corrected chi connectivity index (χ3v) is 4.02. The molecule has 1 aromatic rings. The number of benzene rings is 1. The van der Waals surface area contributed by atoms with Crippen LogP contribution in [-0.2, 0) is 5.41 Å². The standard InChI is InChI=1S/C14H18Br2O/c1-8-9(2)11(7-16)13(17)12(10(8)6-15)14(3,4)5/h6-7,17H,1-5H3. The van der Waals surface area contributed by atoms with Gasteiger partial charge in [0.1, 0.15) is 5.75 Å². The number of rotatable bonds is 0. The van der Waals surface area contributed by atoms with E-state index in [0.29, 0.717) is 5.75 Å². The maximum atomic E-state index is 10.4. The fourth-order valence-corrected chi connectivity index (χ4v) is 3.19. The van der Waals surface area contributed by atoms with Gasteiger partial charge in [0, 0.05) is 10.8 Å². The van der Waals surface area contributed by atoms with Gasteiger partial charge in [-0.2, -0.15) is 0 Å². The molecule has 0 aromatic heterocycles. The van der Waals surface area contributed by atoms with Gasteiger partial charge in [-0.15, -0.1) is 0 Å². The highest BCUT2D eigenvalue weighted by Crippen LogP contribution is 2.26. The highest BCUT2D eigenvalue weighted by Gasteiger charge is 2.22. The highest BCUT2D eigenvalue weighted by molar-refractivity contribution is 9.14. The van der Waals surface area contributed by atoms with Gasteiger partial charge >= 0.3 is 0 Å². The van der Waals surface area contributed by atoms with Gasteiger partial charge in [-0.3, -0.25) is 0 Å². The summed E-state index contributed by atoms with van der Waals surface area (Å²) in [5.41, 5.74) is 3.16. The molecule has 0 saturated heterocycles. The summed E-state index contributed by atoms with van der Waals surface area (Å²) >= 11 is 6.74. The molecule has 0 saturated carbocycles. The summed E-state index contributed by atoms with van der Waals surface area (Å²) < 4.78 is 0. The van der Waals surface area contributed by atoms with E-state index in [9.17, 15) is 5.11 Å². The Balaban J connectivity index is 4.04. The number of halogens is 2. The predicted molar refractivity (Wildman–Crippen MR) is 82.3 cm³/mol. The van der Waals surface area contributed by atoms with Crippen LogP contribution in [0, 0.1) is 13.8 Å². The molecule has 1 aromatic carbocycles. The summed E-state index contributed by atoms with van der Waals surface area (Å²) in [6, 6.07) is 0. The lowest BCUT2D eigenvalue weighted by atomic mass is 9.82. The summed E-state index contributed by atoms with van der Waals surface area (Å²) in [7, 11) is 0. The molecular weight excluding hydrogens is 344 g/mol. The van der Waals surface area contributed by atoms with Crippen molar-refractivity contribution in [2.75, 3.05) is 0 Å². The lowest BCUT2D eigenvalue weighted by molar-refractivity contribution is 0.440. The molecule has 1 nitrogen and oxygen atoms in total. The molecule has 0 radical (unpaired) electrons. The van der Waals surface area contributed by atoms with E-state index < -0.39 is 0 Å². The summed E-state index contributed by atoms with van der Waals surface area (Å²) in [5, 5.41) is 12.4. The minimum absolute atomic E-state index is 0.104. The van der Waals surface area contributed by atoms with Crippen LogP contribution in [-0.4, -0.2) is 5.11 Å². The first-order chi connectivity index (χ1) is 7.75. The summed E-state index contributed by atoms with van der Waals surface area (Å²) in [6.45, 7) is 10.4. The van der Waals surface area contributed by atoms with E-state index >= 15 is 0 Å². The molecule has 0 aliphatic carbocycles. The summed E-state index contributed by atoms with van der Waals surface area (Å²) in [6.07, 6.45) is 0. The fourth-order valence-electron chi connectivity index (χ4n) is 2.06. The Morgan fingerprint density at radius 1 is 0.941 bits per heavy atom. The van der Waals surface area contributed by atoms with Gasteiger partial charge in [-0.25, -0.2) is 0 Å². The first kappa shape index (κ1) is 14.8. The number of hydrogen-bond acceptors (Lipinski definition) is 1. The van der Waals surface area contributed by atoms with E-state index in [2.05, 4.69) is 59.6 Å². The molecule has 0 fully saturated rings. The van der Waals surface area contributed by atoms with Gasteiger partial charge in [-0.1, -0.05) is 52.6 Å². The zero-order chi connectivity index (χ0) is 13.4. The molecule has 0 aliphatic heterocycles. The second kappa shape index (κ2) is 5.15. The predicted octanol–water partition coefficient (Wildman–Crippen LogP) is 3.57. The molecule has 1 N–H and O–H groups in total. The van der Waals surface area contributed by atoms with Crippen LogP contribution in [0.5, 0.6) is 5.75 Å². The lowest BCUT2D eigenvalue weighted by Crippen LogP contribution is -2.30. The zero-order valence-corrected chi connectivity index (χ0v) is 14.0. The molecule has 0 amide bonds. The van der Waals surface area contributed by atoms with Crippen LogP contribution < -0.4 is 10.4 Å². The molecule has 0 heterocycles. The van der Waals surface area contributed by atoms with Crippen molar-refractivity contribution in [3.63, 3.8) is 0 Å². The minimum Gasteiger partial charge on any atom is -0.507 e. The second-order valence-electron chi connectivity index (χ2n) is 5.27. The normalized spacial score (nSPS) is 14.5. The van der Waals surface area contributed by atoms with Crippen LogP contribution in [0.1, 0.15) is 37.5 Å². The van der Waals surface area contributed by atoms with Crippen LogP contribution in [0.4, 0.5) is 0 Å². The van der Waals surface area contributed by atoms with Gasteiger partial charge in [0.2, 0.25) is 0 Å². The van der Waals surface area contributed by atoms with Crippen LogP contribution in [0.3, 0.4) is 0 Å². The molecule has 0 aliphatic rings. The lowest BCUT2D eigenvalue weighted by Gasteiger charge is -2.23. The zero-order valence-electron chi connectivity index (χ0n) is 10.9. The quantitative estimate of drug-likeness (QED) is 0.748. The maximum Gasteiger partial charge on any atom is 0.127 e. The Morgan fingerprint density at radius 2 is 1.35 bits per heavy atom. The van der Waals surface area contributed by atoms with Crippen molar-refractivity contribution in [3.8, 4) is 5.75 Å². The average molecular weight is 362 g/mol. The highest BCUT2D eigenvalue weighted by atomic mass is 79.9. The largest absolute Gasteiger partial charge is 0.507 e. The van der Waals surface area contributed by atoms with Crippen molar-refractivity contribution >= 4 is 41.8 Å². The number of aromatic hydroxyl groups is 1. The molecule has 3 heteroatoms. The Kier molecular flexibility index (Phi) is 4.48. The van der Waals surface area contributed by atoms with Crippen molar-refractivity contribution in [2.45, 2.75) is 40.0 Å². The first-order valence-electron chi connectivity index (χ1n) is 5.49. The van der Waals surface area contributed by atoms with E-state index in [1.807, 2.05) is 11.9 Å². The topological polar surface area (TPSA) is 20.2 Å². The number of phenols is 1. The van der Waals surface area contributed by atoms with E-state index in [-0.39, 0.29) is 5.41 Å². The van der Waals surface area contributed by atoms with E-state index in [1.54, 1.807) is 4.99 Å². The van der Waals surface area contributed by atoms with Crippen molar-refractivity contribution < 1.29 is 5.11 Å². The van der Waals surface area contributed by atoms with E-state index in [4.69, 9.17) is 0 Å². The smallest absolute Gasteiger partial charge is 0.127 e. The molecule has 0 spiro atoms. The van der Waals surface area contributed by atoms with Gasteiger partial charge in [0.25, 0.3) is 0 Å². The maximum absolute atomic E-state index is 10.4. The molecule has 0 atom stereocenters. The average Bonchev–Trinajstić information content (AvgIpc) is 2.22. The fraction of sp³-hybridized carbons (Fsp3) is 0.429. The van der Waals surface area contributed by atoms with E-state index in [1.165, 1.54) is 5.56 Å². The monoisotopic (exact) mass is 360 g/mol. The Labute approximate surface area is 120 Å². The van der Waals surface area contributed by atoms with Crippen molar-refractivity contribution in [1.82, 2.24) is 0 Å².